The fourth-order valence-electron chi connectivity index (χ4n) is 2.05. The molecule has 0 amide bonds. The maximum absolute atomic E-state index is 5.73. The first-order valence-electron chi connectivity index (χ1n) is 4.82. The number of hydrogen-bond acceptors (Lipinski definition) is 3. The maximum atomic E-state index is 5.73. The van der Waals surface area contributed by atoms with E-state index >= 15 is 0 Å². The number of hydrogen-bond donors (Lipinski definition) is 0. The van der Waals surface area contributed by atoms with Gasteiger partial charge in [-0.2, -0.15) is 0 Å². The molecule has 1 aliphatic rings. The lowest BCUT2D eigenvalue weighted by atomic mass is 9.89. The van der Waals surface area contributed by atoms with Crippen LogP contribution in [0.5, 0.6) is 0 Å². The second-order valence-electron chi connectivity index (χ2n) is 3.81. The zero-order chi connectivity index (χ0) is 10.0. The molecule has 3 heteroatoms. The molecule has 0 spiro atoms. The Morgan fingerprint density at radius 3 is 1.85 bits per heavy atom. The molecule has 0 bridgehead atoms. The molecule has 0 N–H and O–H groups in total. The summed E-state index contributed by atoms with van der Waals surface area (Å²) in [5, 5.41) is 0. The lowest BCUT2D eigenvalue weighted by Gasteiger charge is -2.42. The Morgan fingerprint density at radius 1 is 0.846 bits per heavy atom. The maximum Gasteiger partial charge on any atom is 0.109 e. The van der Waals surface area contributed by atoms with Gasteiger partial charge in [-0.25, -0.2) is 0 Å². The highest BCUT2D eigenvalue weighted by Gasteiger charge is 2.40. The summed E-state index contributed by atoms with van der Waals surface area (Å²) in [6, 6.07) is 0. The third-order valence-electron chi connectivity index (χ3n) is 3.02. The average molecular weight is 188 g/mol. The van der Waals surface area contributed by atoms with Crippen LogP contribution in [-0.4, -0.2) is 38.6 Å². The molecule has 0 aromatic rings. The summed E-state index contributed by atoms with van der Waals surface area (Å²) in [4.78, 5) is 0. The van der Waals surface area contributed by atoms with Crippen molar-refractivity contribution < 1.29 is 14.2 Å². The molecule has 5 atom stereocenters. The lowest BCUT2D eigenvalue weighted by molar-refractivity contribution is -0.202. The highest BCUT2D eigenvalue weighted by Crippen LogP contribution is 2.28. The van der Waals surface area contributed by atoms with Crippen LogP contribution in [-0.2, 0) is 14.2 Å². The van der Waals surface area contributed by atoms with E-state index in [1.807, 2.05) is 6.92 Å². The van der Waals surface area contributed by atoms with Crippen molar-refractivity contribution in [3.63, 3.8) is 0 Å². The number of ether oxygens (including phenoxy) is 3. The third-order valence-corrected chi connectivity index (χ3v) is 3.02. The number of methoxy groups -OCH3 is 2. The van der Waals surface area contributed by atoms with Gasteiger partial charge in [-0.1, -0.05) is 6.92 Å². The molecular weight excluding hydrogens is 168 g/mol. The van der Waals surface area contributed by atoms with Crippen LogP contribution >= 0.6 is 0 Å². The van der Waals surface area contributed by atoms with Crippen molar-refractivity contribution in [2.24, 2.45) is 5.92 Å². The standard InChI is InChI=1S/C10H20O3/c1-6-7(2)13-8(3)10(12-5)9(6)11-4/h6-10H,1-5H3. The second kappa shape index (κ2) is 4.40. The van der Waals surface area contributed by atoms with E-state index in [1.165, 1.54) is 0 Å². The SMILES string of the molecule is COC1C(C)OC(C)C(C)C1OC. The topological polar surface area (TPSA) is 27.7 Å². The fourth-order valence-corrected chi connectivity index (χ4v) is 2.05. The van der Waals surface area contributed by atoms with E-state index in [0.29, 0.717) is 5.92 Å². The Bertz CT molecular complexity index is 160. The Morgan fingerprint density at radius 2 is 1.38 bits per heavy atom. The first-order valence-corrected chi connectivity index (χ1v) is 4.82. The van der Waals surface area contributed by atoms with Gasteiger partial charge in [0.15, 0.2) is 0 Å². The fraction of sp³-hybridized carbons (Fsp3) is 1.00. The summed E-state index contributed by atoms with van der Waals surface area (Å²) in [6.07, 6.45) is 0.549. The van der Waals surface area contributed by atoms with Crippen LogP contribution in [0, 0.1) is 5.92 Å². The van der Waals surface area contributed by atoms with Crippen LogP contribution in [0.25, 0.3) is 0 Å². The molecule has 0 aromatic heterocycles. The van der Waals surface area contributed by atoms with Gasteiger partial charge in [0.25, 0.3) is 0 Å². The molecule has 0 aliphatic carbocycles. The predicted molar refractivity (Wildman–Crippen MR) is 50.8 cm³/mol. The van der Waals surface area contributed by atoms with Crippen LogP contribution in [0.4, 0.5) is 0 Å². The Hall–Kier alpha value is -0.120. The van der Waals surface area contributed by atoms with E-state index in [4.69, 9.17) is 14.2 Å². The summed E-state index contributed by atoms with van der Waals surface area (Å²) < 4.78 is 16.5. The van der Waals surface area contributed by atoms with Crippen molar-refractivity contribution in [1.29, 1.82) is 0 Å². The molecular formula is C10H20O3. The highest BCUT2D eigenvalue weighted by molar-refractivity contribution is 4.88. The largest absolute Gasteiger partial charge is 0.378 e. The minimum absolute atomic E-state index is 0.0520. The summed E-state index contributed by atoms with van der Waals surface area (Å²) in [6.45, 7) is 6.25. The van der Waals surface area contributed by atoms with Crippen LogP contribution < -0.4 is 0 Å². The first-order chi connectivity index (χ1) is 6.11. The minimum atomic E-state index is 0.0520. The van der Waals surface area contributed by atoms with Gasteiger partial charge in [0, 0.05) is 20.1 Å². The van der Waals surface area contributed by atoms with Gasteiger partial charge in [0.2, 0.25) is 0 Å². The highest BCUT2D eigenvalue weighted by atomic mass is 16.6. The van der Waals surface area contributed by atoms with Crippen molar-refractivity contribution in [2.45, 2.75) is 45.2 Å². The molecule has 0 aromatic carbocycles. The smallest absolute Gasteiger partial charge is 0.109 e. The molecule has 0 radical (unpaired) electrons. The van der Waals surface area contributed by atoms with E-state index in [9.17, 15) is 0 Å². The predicted octanol–water partition coefficient (Wildman–Crippen LogP) is 1.46. The van der Waals surface area contributed by atoms with Crippen molar-refractivity contribution in [1.82, 2.24) is 0 Å². The summed E-state index contributed by atoms with van der Waals surface area (Å²) >= 11 is 0. The molecule has 3 nitrogen and oxygen atoms in total. The van der Waals surface area contributed by atoms with Gasteiger partial charge >= 0.3 is 0 Å². The Kier molecular flexibility index (Phi) is 3.71. The molecule has 1 heterocycles. The monoisotopic (exact) mass is 188 g/mol. The Balaban J connectivity index is 2.71. The first kappa shape index (κ1) is 11.0. The van der Waals surface area contributed by atoms with Gasteiger partial charge in [-0.3, -0.25) is 0 Å². The van der Waals surface area contributed by atoms with Crippen LogP contribution in [0.3, 0.4) is 0 Å². The normalized spacial score (nSPS) is 46.4. The van der Waals surface area contributed by atoms with Gasteiger partial charge in [0.05, 0.1) is 18.3 Å². The van der Waals surface area contributed by atoms with Gasteiger partial charge in [-0.15, -0.1) is 0 Å². The van der Waals surface area contributed by atoms with Crippen molar-refractivity contribution in [3.8, 4) is 0 Å². The van der Waals surface area contributed by atoms with Crippen molar-refractivity contribution >= 4 is 0 Å². The van der Waals surface area contributed by atoms with Gasteiger partial charge < -0.3 is 14.2 Å². The second-order valence-corrected chi connectivity index (χ2v) is 3.81. The molecule has 5 unspecified atom stereocenters. The zero-order valence-corrected chi connectivity index (χ0v) is 9.11. The van der Waals surface area contributed by atoms with E-state index < -0.39 is 0 Å². The Labute approximate surface area is 80.4 Å². The van der Waals surface area contributed by atoms with Gasteiger partial charge in [0.1, 0.15) is 6.10 Å². The quantitative estimate of drug-likeness (QED) is 0.656. The summed E-state index contributed by atoms with van der Waals surface area (Å²) in [5.74, 6) is 0.381. The van der Waals surface area contributed by atoms with Crippen LogP contribution in [0.15, 0.2) is 0 Å². The van der Waals surface area contributed by atoms with E-state index in [0.717, 1.165) is 0 Å². The molecule has 1 saturated heterocycles. The molecule has 13 heavy (non-hydrogen) atoms. The molecule has 1 rings (SSSR count). The van der Waals surface area contributed by atoms with E-state index in [1.54, 1.807) is 14.2 Å². The van der Waals surface area contributed by atoms with Crippen molar-refractivity contribution in [2.75, 3.05) is 14.2 Å². The van der Waals surface area contributed by atoms with Crippen LogP contribution in [0.2, 0.25) is 0 Å². The average Bonchev–Trinajstić information content (AvgIpc) is 2.10. The van der Waals surface area contributed by atoms with Gasteiger partial charge in [-0.05, 0) is 13.8 Å². The minimum Gasteiger partial charge on any atom is -0.378 e. The third kappa shape index (κ3) is 2.03. The summed E-state index contributed by atoms with van der Waals surface area (Å²) in [7, 11) is 3.44. The lowest BCUT2D eigenvalue weighted by Crippen LogP contribution is -2.53. The molecule has 0 saturated carbocycles. The van der Waals surface area contributed by atoms with Crippen LogP contribution in [0.1, 0.15) is 20.8 Å². The van der Waals surface area contributed by atoms with E-state index in [2.05, 4.69) is 13.8 Å². The van der Waals surface area contributed by atoms with E-state index in [-0.39, 0.29) is 24.4 Å². The zero-order valence-electron chi connectivity index (χ0n) is 9.11. The van der Waals surface area contributed by atoms with Crippen molar-refractivity contribution in [3.05, 3.63) is 0 Å². The molecule has 78 valence electrons. The summed E-state index contributed by atoms with van der Waals surface area (Å²) in [5.41, 5.74) is 0. The number of rotatable bonds is 2. The molecule has 1 aliphatic heterocycles. The molecule has 1 fully saturated rings.